The van der Waals surface area contributed by atoms with E-state index in [9.17, 15) is 22.8 Å². The number of aromatic nitrogens is 1. The van der Waals surface area contributed by atoms with Crippen LogP contribution < -0.4 is 10.2 Å². The Morgan fingerprint density at radius 1 is 1.17 bits per heavy atom. The van der Waals surface area contributed by atoms with E-state index in [1.807, 2.05) is 12.1 Å². The number of ether oxygens (including phenoxy) is 2. The summed E-state index contributed by atoms with van der Waals surface area (Å²) in [7, 11) is 0. The highest BCUT2D eigenvalue weighted by atomic mass is 19.4. The Kier molecular flexibility index (Phi) is 7.35. The Labute approximate surface area is 172 Å². The van der Waals surface area contributed by atoms with Crippen LogP contribution in [0.2, 0.25) is 0 Å². The first kappa shape index (κ1) is 22.1. The number of alkyl halides is 3. The molecule has 0 aromatic carbocycles. The number of carbonyl (C=O) groups is 2. The second-order valence-corrected chi connectivity index (χ2v) is 7.27. The Hall–Kier alpha value is -2.56. The second-order valence-electron chi connectivity index (χ2n) is 7.27. The van der Waals surface area contributed by atoms with Crippen molar-refractivity contribution >= 4 is 17.8 Å². The molecular weight excluding hydrogens is 405 g/mol. The molecule has 2 aliphatic rings. The van der Waals surface area contributed by atoms with Crippen LogP contribution in [0.25, 0.3) is 0 Å². The van der Waals surface area contributed by atoms with Crippen molar-refractivity contribution in [2.75, 3.05) is 50.9 Å². The molecule has 0 atom stereocenters. The maximum Gasteiger partial charge on any atom is 0.422 e. The molecule has 11 heteroatoms. The van der Waals surface area contributed by atoms with Crippen molar-refractivity contribution in [2.45, 2.75) is 25.6 Å². The van der Waals surface area contributed by atoms with Crippen molar-refractivity contribution in [3.8, 4) is 0 Å². The number of rotatable bonds is 5. The number of likely N-dealkylation sites (tertiary alicyclic amines) is 1. The molecule has 3 heterocycles. The molecule has 166 valence electrons. The molecule has 0 spiro atoms. The highest BCUT2D eigenvalue weighted by Gasteiger charge is 2.32. The predicted molar refractivity (Wildman–Crippen MR) is 101 cm³/mol. The number of morpholine rings is 1. The maximum atomic E-state index is 12.4. The van der Waals surface area contributed by atoms with E-state index in [0.29, 0.717) is 32.6 Å². The van der Waals surface area contributed by atoms with Crippen LogP contribution in [-0.4, -0.2) is 74.1 Å². The van der Waals surface area contributed by atoms with Gasteiger partial charge in [-0.1, -0.05) is 6.07 Å². The van der Waals surface area contributed by atoms with E-state index < -0.39 is 18.9 Å². The van der Waals surface area contributed by atoms with E-state index in [-0.39, 0.29) is 24.9 Å². The van der Waals surface area contributed by atoms with Gasteiger partial charge in [0, 0.05) is 44.8 Å². The number of carbonyl (C=O) groups excluding carboxylic acids is 2. The third-order valence-electron chi connectivity index (χ3n) is 5.09. The van der Waals surface area contributed by atoms with Crippen LogP contribution in [0.15, 0.2) is 18.3 Å². The van der Waals surface area contributed by atoms with Gasteiger partial charge < -0.3 is 24.6 Å². The fraction of sp³-hybridized carbons (Fsp3) is 0.632. The highest BCUT2D eigenvalue weighted by Crippen LogP contribution is 2.20. The molecule has 1 aromatic heterocycles. The lowest BCUT2D eigenvalue weighted by atomic mass is 9.96. The van der Waals surface area contributed by atoms with Crippen molar-refractivity contribution in [1.82, 2.24) is 15.2 Å². The van der Waals surface area contributed by atoms with Gasteiger partial charge in [0.15, 0.2) is 6.61 Å². The van der Waals surface area contributed by atoms with Gasteiger partial charge >= 0.3 is 12.3 Å². The lowest BCUT2D eigenvalue weighted by molar-refractivity contribution is -0.162. The van der Waals surface area contributed by atoms with E-state index in [1.165, 1.54) is 4.90 Å². The minimum absolute atomic E-state index is 0.143. The third kappa shape index (κ3) is 6.48. The monoisotopic (exact) mass is 430 g/mol. The minimum Gasteiger partial charge on any atom is -0.440 e. The van der Waals surface area contributed by atoms with Gasteiger partial charge in [0.1, 0.15) is 5.82 Å². The number of hydrogen-bond acceptors (Lipinski definition) is 6. The van der Waals surface area contributed by atoms with Gasteiger partial charge in [-0.05, 0) is 24.5 Å². The number of piperidine rings is 1. The quantitative estimate of drug-likeness (QED) is 0.769. The fourth-order valence-electron chi connectivity index (χ4n) is 3.39. The van der Waals surface area contributed by atoms with E-state index in [0.717, 1.165) is 24.5 Å². The van der Waals surface area contributed by atoms with Crippen LogP contribution in [0.4, 0.5) is 23.8 Å². The van der Waals surface area contributed by atoms with Crippen molar-refractivity contribution in [1.29, 1.82) is 0 Å². The topological polar surface area (TPSA) is 84.0 Å². The normalized spacial score (nSPS) is 18.2. The van der Waals surface area contributed by atoms with Gasteiger partial charge in [0.2, 0.25) is 5.91 Å². The number of anilines is 1. The molecule has 8 nitrogen and oxygen atoms in total. The lowest BCUT2D eigenvalue weighted by Gasteiger charge is -2.30. The Morgan fingerprint density at radius 3 is 2.47 bits per heavy atom. The van der Waals surface area contributed by atoms with Crippen LogP contribution >= 0.6 is 0 Å². The molecule has 2 fully saturated rings. The summed E-state index contributed by atoms with van der Waals surface area (Å²) in [5, 5.41) is 2.86. The molecule has 2 saturated heterocycles. The number of halogens is 3. The van der Waals surface area contributed by atoms with Crippen molar-refractivity contribution < 1.29 is 32.2 Å². The van der Waals surface area contributed by atoms with Gasteiger partial charge in [-0.3, -0.25) is 4.79 Å². The molecule has 30 heavy (non-hydrogen) atoms. The summed E-state index contributed by atoms with van der Waals surface area (Å²) in [6.45, 7) is 2.05. The van der Waals surface area contributed by atoms with E-state index in [2.05, 4.69) is 19.9 Å². The Morgan fingerprint density at radius 2 is 1.87 bits per heavy atom. The molecule has 3 rings (SSSR count). The molecular formula is C19H25F3N4O4. The predicted octanol–water partition coefficient (Wildman–Crippen LogP) is 1.95. The SMILES string of the molecule is O=C(NCc1ccc(N2CCOCC2)nc1)C1CCN(C(=O)OCC(F)(F)F)CC1. The first-order valence-corrected chi connectivity index (χ1v) is 9.85. The van der Waals surface area contributed by atoms with Crippen LogP contribution in [0.3, 0.4) is 0 Å². The summed E-state index contributed by atoms with van der Waals surface area (Å²) in [6.07, 6.45) is -3.08. The number of pyridine rings is 1. The van der Waals surface area contributed by atoms with E-state index in [1.54, 1.807) is 6.20 Å². The zero-order valence-electron chi connectivity index (χ0n) is 16.5. The molecule has 0 unspecified atom stereocenters. The summed E-state index contributed by atoms with van der Waals surface area (Å²) in [4.78, 5) is 31.8. The van der Waals surface area contributed by atoms with Crippen molar-refractivity contribution in [3.05, 3.63) is 23.9 Å². The standard InChI is InChI=1S/C19H25F3N4O4/c20-19(21,22)13-30-18(28)26-5-3-15(4-6-26)17(27)24-12-14-1-2-16(23-11-14)25-7-9-29-10-8-25/h1-2,11,15H,3-10,12-13H2,(H,24,27). The van der Waals surface area contributed by atoms with Crippen LogP contribution in [0.1, 0.15) is 18.4 Å². The molecule has 0 radical (unpaired) electrons. The van der Waals surface area contributed by atoms with Gasteiger partial charge in [-0.15, -0.1) is 0 Å². The zero-order valence-corrected chi connectivity index (χ0v) is 16.5. The Bertz CT molecular complexity index is 715. The largest absolute Gasteiger partial charge is 0.440 e. The number of amides is 2. The molecule has 2 amide bonds. The number of hydrogen-bond donors (Lipinski definition) is 1. The maximum absolute atomic E-state index is 12.4. The van der Waals surface area contributed by atoms with Gasteiger partial charge in [0.05, 0.1) is 13.2 Å². The third-order valence-corrected chi connectivity index (χ3v) is 5.09. The van der Waals surface area contributed by atoms with E-state index in [4.69, 9.17) is 4.74 Å². The summed E-state index contributed by atoms with van der Waals surface area (Å²) in [5.41, 5.74) is 0.869. The van der Waals surface area contributed by atoms with Crippen LogP contribution in [0.5, 0.6) is 0 Å². The van der Waals surface area contributed by atoms with E-state index >= 15 is 0 Å². The summed E-state index contributed by atoms with van der Waals surface area (Å²) in [5.74, 6) is 0.436. The van der Waals surface area contributed by atoms with Crippen LogP contribution in [0, 0.1) is 5.92 Å². The number of nitrogens with zero attached hydrogens (tertiary/aromatic N) is 3. The highest BCUT2D eigenvalue weighted by molar-refractivity contribution is 5.79. The summed E-state index contributed by atoms with van der Waals surface area (Å²) in [6, 6.07) is 3.83. The van der Waals surface area contributed by atoms with Crippen molar-refractivity contribution in [3.63, 3.8) is 0 Å². The zero-order chi connectivity index (χ0) is 21.6. The first-order chi connectivity index (χ1) is 14.3. The summed E-state index contributed by atoms with van der Waals surface area (Å²) >= 11 is 0. The minimum atomic E-state index is -4.55. The first-order valence-electron chi connectivity index (χ1n) is 9.85. The molecule has 2 aliphatic heterocycles. The smallest absolute Gasteiger partial charge is 0.422 e. The average molecular weight is 430 g/mol. The molecule has 1 N–H and O–H groups in total. The second kappa shape index (κ2) is 9.96. The molecule has 1 aromatic rings. The Balaban J connectivity index is 1.39. The molecule has 0 bridgehead atoms. The number of nitrogens with one attached hydrogen (secondary N) is 1. The molecule has 0 saturated carbocycles. The van der Waals surface area contributed by atoms with Crippen molar-refractivity contribution in [2.24, 2.45) is 5.92 Å². The van der Waals surface area contributed by atoms with Crippen LogP contribution in [-0.2, 0) is 20.8 Å². The van der Waals surface area contributed by atoms with Gasteiger partial charge in [0.25, 0.3) is 0 Å². The molecule has 0 aliphatic carbocycles. The van der Waals surface area contributed by atoms with Gasteiger partial charge in [-0.25, -0.2) is 9.78 Å². The lowest BCUT2D eigenvalue weighted by Crippen LogP contribution is -2.43. The van der Waals surface area contributed by atoms with Gasteiger partial charge in [-0.2, -0.15) is 13.2 Å². The summed E-state index contributed by atoms with van der Waals surface area (Å²) < 4.78 is 46.0. The fourth-order valence-corrected chi connectivity index (χ4v) is 3.39. The average Bonchev–Trinajstić information content (AvgIpc) is 2.76.